The molecule has 0 aromatic rings. The van der Waals surface area contributed by atoms with E-state index in [1.807, 2.05) is 0 Å². The zero-order valence-electron chi connectivity index (χ0n) is 6.46. The molecule has 0 aliphatic heterocycles. The molecule has 10 heavy (non-hydrogen) atoms. The fraction of sp³-hybridized carbons (Fsp3) is 0.714. The van der Waals surface area contributed by atoms with Crippen LogP contribution < -0.4 is 0 Å². The molecule has 0 amide bonds. The zero-order chi connectivity index (χ0) is 7.98. The second-order valence-corrected chi connectivity index (χ2v) is 2.02. The van der Waals surface area contributed by atoms with Crippen molar-refractivity contribution in [2.45, 2.75) is 20.1 Å². The van der Waals surface area contributed by atoms with Crippen molar-refractivity contribution >= 4 is 0 Å². The van der Waals surface area contributed by atoms with Gasteiger partial charge in [0.25, 0.3) is 0 Å². The van der Waals surface area contributed by atoms with Crippen LogP contribution in [0.25, 0.3) is 0 Å². The average Bonchev–Trinajstić information content (AvgIpc) is 1.79. The predicted molar refractivity (Wildman–Crippen MR) is 38.4 cm³/mol. The molecule has 0 saturated carbocycles. The summed E-state index contributed by atoms with van der Waals surface area (Å²) in [5, 5.41) is 8.62. The lowest BCUT2D eigenvalue weighted by Crippen LogP contribution is -2.11. The lowest BCUT2D eigenvalue weighted by atomic mass is 10.6. The normalized spacial score (nSPS) is 12.7. The third kappa shape index (κ3) is 7.46. The highest BCUT2D eigenvalue weighted by Gasteiger charge is 1.93. The SMILES string of the molecule is C=C(C)OCCOC(C)O. The van der Waals surface area contributed by atoms with E-state index >= 15 is 0 Å². The Bertz CT molecular complexity index is 99.0. The number of rotatable bonds is 5. The topological polar surface area (TPSA) is 38.7 Å². The van der Waals surface area contributed by atoms with Gasteiger partial charge in [-0.2, -0.15) is 0 Å². The molecule has 1 N–H and O–H groups in total. The molecular formula is C7H14O3. The Balaban J connectivity index is 2.98. The molecule has 0 aromatic carbocycles. The summed E-state index contributed by atoms with van der Waals surface area (Å²) in [6, 6.07) is 0. The van der Waals surface area contributed by atoms with Crippen LogP contribution in [-0.2, 0) is 9.47 Å². The van der Waals surface area contributed by atoms with Crippen molar-refractivity contribution in [1.29, 1.82) is 0 Å². The van der Waals surface area contributed by atoms with Crippen molar-refractivity contribution in [1.82, 2.24) is 0 Å². The summed E-state index contributed by atoms with van der Waals surface area (Å²) in [6.07, 6.45) is -0.714. The van der Waals surface area contributed by atoms with Gasteiger partial charge in [-0.3, -0.25) is 0 Å². The summed E-state index contributed by atoms with van der Waals surface area (Å²) in [5.74, 6) is 0.661. The summed E-state index contributed by atoms with van der Waals surface area (Å²) in [4.78, 5) is 0. The Labute approximate surface area is 61.3 Å². The predicted octanol–water partition coefficient (Wildman–Crippen LogP) is 0.891. The van der Waals surface area contributed by atoms with Crippen LogP contribution in [0.2, 0.25) is 0 Å². The van der Waals surface area contributed by atoms with Gasteiger partial charge >= 0.3 is 0 Å². The molecule has 0 bridgehead atoms. The summed E-state index contributed by atoms with van der Waals surface area (Å²) >= 11 is 0. The van der Waals surface area contributed by atoms with E-state index in [1.54, 1.807) is 13.8 Å². The largest absolute Gasteiger partial charge is 0.496 e. The summed E-state index contributed by atoms with van der Waals surface area (Å²) in [6.45, 7) is 7.69. The van der Waals surface area contributed by atoms with Gasteiger partial charge in [0.05, 0.1) is 12.4 Å². The Kier molecular flexibility index (Phi) is 4.98. The number of hydrogen-bond acceptors (Lipinski definition) is 3. The van der Waals surface area contributed by atoms with Crippen molar-refractivity contribution in [2.24, 2.45) is 0 Å². The molecule has 3 nitrogen and oxygen atoms in total. The standard InChI is InChI=1S/C7H14O3/c1-6(2)9-4-5-10-7(3)8/h7-8H,1,4-5H2,2-3H3. The van der Waals surface area contributed by atoms with E-state index in [0.717, 1.165) is 0 Å². The summed E-state index contributed by atoms with van der Waals surface area (Å²) in [7, 11) is 0. The molecule has 0 saturated heterocycles. The first-order chi connectivity index (χ1) is 4.63. The Morgan fingerprint density at radius 1 is 1.60 bits per heavy atom. The molecule has 60 valence electrons. The minimum Gasteiger partial charge on any atom is -0.496 e. The summed E-state index contributed by atoms with van der Waals surface area (Å²) in [5.41, 5.74) is 0. The van der Waals surface area contributed by atoms with Crippen molar-refractivity contribution in [2.75, 3.05) is 13.2 Å². The lowest BCUT2D eigenvalue weighted by molar-refractivity contribution is -0.0952. The summed E-state index contributed by atoms with van der Waals surface area (Å²) < 4.78 is 9.74. The number of allylic oxidation sites excluding steroid dienone is 1. The van der Waals surface area contributed by atoms with Crippen molar-refractivity contribution in [3.8, 4) is 0 Å². The number of hydrogen-bond donors (Lipinski definition) is 1. The first kappa shape index (κ1) is 9.46. The Hall–Kier alpha value is -0.540. The smallest absolute Gasteiger partial charge is 0.151 e. The average molecular weight is 146 g/mol. The van der Waals surface area contributed by atoms with Gasteiger partial charge in [0.15, 0.2) is 6.29 Å². The minimum absolute atomic E-state index is 0.393. The van der Waals surface area contributed by atoms with E-state index < -0.39 is 6.29 Å². The first-order valence-electron chi connectivity index (χ1n) is 3.21. The van der Waals surface area contributed by atoms with E-state index in [4.69, 9.17) is 14.6 Å². The van der Waals surface area contributed by atoms with Crippen LogP contribution in [0.3, 0.4) is 0 Å². The molecule has 0 aliphatic carbocycles. The molecule has 0 spiro atoms. The Morgan fingerprint density at radius 3 is 2.60 bits per heavy atom. The fourth-order valence-electron chi connectivity index (χ4n) is 0.435. The molecule has 0 heterocycles. The maximum atomic E-state index is 8.62. The van der Waals surface area contributed by atoms with Gasteiger partial charge in [0.1, 0.15) is 6.61 Å². The quantitative estimate of drug-likeness (QED) is 0.355. The van der Waals surface area contributed by atoms with Gasteiger partial charge in [0.2, 0.25) is 0 Å². The van der Waals surface area contributed by atoms with Crippen LogP contribution in [-0.4, -0.2) is 24.6 Å². The minimum atomic E-state index is -0.714. The van der Waals surface area contributed by atoms with E-state index in [2.05, 4.69) is 6.58 Å². The van der Waals surface area contributed by atoms with Gasteiger partial charge < -0.3 is 14.6 Å². The van der Waals surface area contributed by atoms with Crippen molar-refractivity contribution in [3.05, 3.63) is 12.3 Å². The number of aliphatic hydroxyl groups is 1. The fourth-order valence-corrected chi connectivity index (χ4v) is 0.435. The van der Waals surface area contributed by atoms with E-state index in [-0.39, 0.29) is 0 Å². The maximum Gasteiger partial charge on any atom is 0.151 e. The first-order valence-corrected chi connectivity index (χ1v) is 3.21. The highest BCUT2D eigenvalue weighted by Crippen LogP contribution is 1.90. The lowest BCUT2D eigenvalue weighted by Gasteiger charge is -2.07. The van der Waals surface area contributed by atoms with Crippen molar-refractivity contribution in [3.63, 3.8) is 0 Å². The highest BCUT2D eigenvalue weighted by molar-refractivity contribution is 4.72. The molecule has 0 aromatic heterocycles. The highest BCUT2D eigenvalue weighted by atomic mass is 16.6. The van der Waals surface area contributed by atoms with E-state index in [1.165, 1.54) is 0 Å². The molecule has 0 radical (unpaired) electrons. The van der Waals surface area contributed by atoms with Crippen LogP contribution in [0.4, 0.5) is 0 Å². The molecule has 3 heteroatoms. The van der Waals surface area contributed by atoms with Crippen molar-refractivity contribution < 1.29 is 14.6 Å². The molecule has 0 fully saturated rings. The van der Waals surface area contributed by atoms with Gasteiger partial charge in [0, 0.05) is 0 Å². The van der Waals surface area contributed by atoms with Crippen LogP contribution >= 0.6 is 0 Å². The zero-order valence-corrected chi connectivity index (χ0v) is 6.46. The molecule has 0 rings (SSSR count). The molecule has 0 aliphatic rings. The second-order valence-electron chi connectivity index (χ2n) is 2.02. The molecular weight excluding hydrogens is 132 g/mol. The van der Waals surface area contributed by atoms with Crippen LogP contribution in [0.5, 0.6) is 0 Å². The van der Waals surface area contributed by atoms with Crippen LogP contribution in [0, 0.1) is 0 Å². The number of ether oxygens (including phenoxy) is 2. The van der Waals surface area contributed by atoms with Gasteiger partial charge in [-0.25, -0.2) is 0 Å². The van der Waals surface area contributed by atoms with Crippen LogP contribution in [0.1, 0.15) is 13.8 Å². The van der Waals surface area contributed by atoms with Gasteiger partial charge in [-0.05, 0) is 13.8 Å². The monoisotopic (exact) mass is 146 g/mol. The van der Waals surface area contributed by atoms with Crippen LogP contribution in [0.15, 0.2) is 12.3 Å². The third-order valence-corrected chi connectivity index (χ3v) is 0.791. The van der Waals surface area contributed by atoms with Gasteiger partial charge in [-0.15, -0.1) is 0 Å². The third-order valence-electron chi connectivity index (χ3n) is 0.791. The molecule has 1 atom stereocenters. The molecule has 1 unspecified atom stereocenters. The van der Waals surface area contributed by atoms with Gasteiger partial charge in [-0.1, -0.05) is 6.58 Å². The maximum absolute atomic E-state index is 8.62. The Morgan fingerprint density at radius 2 is 2.20 bits per heavy atom. The second kappa shape index (κ2) is 5.26. The number of aliphatic hydroxyl groups excluding tert-OH is 1. The van der Waals surface area contributed by atoms with E-state index in [0.29, 0.717) is 19.0 Å². The van der Waals surface area contributed by atoms with E-state index in [9.17, 15) is 0 Å².